The largest absolute Gasteiger partial charge is 0.493 e. The molecule has 0 aliphatic carbocycles. The van der Waals surface area contributed by atoms with Crippen LogP contribution in [0, 0.1) is 3.57 Å². The normalized spacial score (nSPS) is 14.0. The Hall–Kier alpha value is -3.69. The molecule has 36 heavy (non-hydrogen) atoms. The van der Waals surface area contributed by atoms with Crippen molar-refractivity contribution in [2.24, 2.45) is 4.99 Å². The Morgan fingerprint density at radius 3 is 2.53 bits per heavy atom. The first-order valence-corrected chi connectivity index (χ1v) is 12.2. The second kappa shape index (κ2) is 10.1. The van der Waals surface area contributed by atoms with Gasteiger partial charge in [0.15, 0.2) is 17.2 Å². The van der Waals surface area contributed by atoms with Crippen LogP contribution in [0.4, 0.5) is 0 Å². The van der Waals surface area contributed by atoms with Gasteiger partial charge < -0.3 is 14.2 Å². The maximum absolute atomic E-state index is 12.7. The lowest BCUT2D eigenvalue weighted by atomic mass is 10.1. The van der Waals surface area contributed by atoms with Crippen LogP contribution in [-0.4, -0.2) is 24.9 Å². The van der Waals surface area contributed by atoms with Gasteiger partial charge >= 0.3 is 11.9 Å². The molecule has 0 aromatic heterocycles. The number of nitrogens with zero attached hydrogens (tertiary/aromatic N) is 1. The first-order chi connectivity index (χ1) is 17.4. The van der Waals surface area contributed by atoms with E-state index in [9.17, 15) is 9.59 Å². The van der Waals surface area contributed by atoms with Crippen LogP contribution >= 0.6 is 34.2 Å². The summed E-state index contributed by atoms with van der Waals surface area (Å²) in [4.78, 5) is 29.6. The minimum Gasteiger partial charge on any atom is -0.493 e. The van der Waals surface area contributed by atoms with Crippen molar-refractivity contribution in [1.29, 1.82) is 0 Å². The molecule has 0 saturated carbocycles. The molecule has 0 amide bonds. The molecule has 0 fully saturated rings. The lowest BCUT2D eigenvalue weighted by Gasteiger charge is -2.13. The maximum Gasteiger partial charge on any atom is 0.363 e. The van der Waals surface area contributed by atoms with Crippen molar-refractivity contribution >= 4 is 68.9 Å². The molecule has 1 aliphatic heterocycles. The van der Waals surface area contributed by atoms with Gasteiger partial charge in [0, 0.05) is 5.56 Å². The fraction of sp³-hybridized carbons (Fsp3) is 0.0357. The third kappa shape index (κ3) is 4.84. The highest BCUT2D eigenvalue weighted by molar-refractivity contribution is 14.1. The Bertz CT molecular complexity index is 1590. The number of methoxy groups -OCH3 is 1. The summed E-state index contributed by atoms with van der Waals surface area (Å²) in [5.74, 6) is -0.351. The Morgan fingerprint density at radius 2 is 1.75 bits per heavy atom. The topological polar surface area (TPSA) is 74.2 Å². The lowest BCUT2D eigenvalue weighted by Crippen LogP contribution is -2.11. The number of hydrogen-bond donors (Lipinski definition) is 0. The monoisotopic (exact) mass is 609 g/mol. The van der Waals surface area contributed by atoms with Crippen molar-refractivity contribution in [2.45, 2.75) is 0 Å². The summed E-state index contributed by atoms with van der Waals surface area (Å²) in [7, 11) is 1.47. The fourth-order valence-corrected chi connectivity index (χ4v) is 4.66. The van der Waals surface area contributed by atoms with Crippen LogP contribution in [0.5, 0.6) is 11.5 Å². The zero-order chi connectivity index (χ0) is 25.2. The molecule has 0 radical (unpaired) electrons. The molecule has 6 nitrogen and oxygen atoms in total. The molecule has 1 heterocycles. The quantitative estimate of drug-likeness (QED) is 0.109. The van der Waals surface area contributed by atoms with E-state index >= 15 is 0 Å². The maximum atomic E-state index is 12.7. The predicted molar refractivity (Wildman–Crippen MR) is 147 cm³/mol. The molecule has 0 N–H and O–H groups in total. The lowest BCUT2D eigenvalue weighted by molar-refractivity contribution is -0.129. The van der Waals surface area contributed by atoms with Crippen LogP contribution in [0.3, 0.4) is 0 Å². The van der Waals surface area contributed by atoms with Crippen LogP contribution in [0.1, 0.15) is 21.5 Å². The standard InChI is InChI=1S/C28H17ClINO5/c1-34-24-14-16(12-22(30)25(24)35-27(32)20-8-4-5-9-21(20)29)13-23-28(33)36-26(31-23)19-11-10-17-6-2-3-7-18(17)15-19/h2-15H,1H3/b23-13-. The number of cyclic esters (lactones) is 1. The van der Waals surface area contributed by atoms with Gasteiger partial charge in [-0.3, -0.25) is 0 Å². The fourth-order valence-electron chi connectivity index (χ4n) is 3.71. The molecule has 0 spiro atoms. The van der Waals surface area contributed by atoms with E-state index < -0.39 is 11.9 Å². The molecule has 0 bridgehead atoms. The molecule has 0 atom stereocenters. The number of carbonyl (C=O) groups is 2. The molecule has 5 rings (SSSR count). The number of fused-ring (bicyclic) bond motifs is 1. The highest BCUT2D eigenvalue weighted by Crippen LogP contribution is 2.36. The first kappa shape index (κ1) is 24.0. The number of ether oxygens (including phenoxy) is 3. The van der Waals surface area contributed by atoms with Crippen molar-refractivity contribution < 1.29 is 23.8 Å². The number of benzene rings is 4. The van der Waals surface area contributed by atoms with Gasteiger partial charge in [-0.15, -0.1) is 0 Å². The van der Waals surface area contributed by atoms with Gasteiger partial charge in [0.05, 0.1) is 21.3 Å². The van der Waals surface area contributed by atoms with Gasteiger partial charge in [0.2, 0.25) is 5.90 Å². The van der Waals surface area contributed by atoms with Crippen molar-refractivity contribution in [3.05, 3.63) is 110 Å². The zero-order valence-corrected chi connectivity index (χ0v) is 21.7. The first-order valence-electron chi connectivity index (χ1n) is 10.8. The summed E-state index contributed by atoms with van der Waals surface area (Å²) in [6.07, 6.45) is 1.60. The summed E-state index contributed by atoms with van der Waals surface area (Å²) in [5.41, 5.74) is 1.73. The summed E-state index contributed by atoms with van der Waals surface area (Å²) in [5, 5.41) is 2.39. The molecular weight excluding hydrogens is 593 g/mol. The number of hydrogen-bond acceptors (Lipinski definition) is 6. The Balaban J connectivity index is 1.44. The summed E-state index contributed by atoms with van der Waals surface area (Å²) >= 11 is 8.16. The zero-order valence-electron chi connectivity index (χ0n) is 18.8. The van der Waals surface area contributed by atoms with Gasteiger partial charge in [0.25, 0.3) is 0 Å². The number of aliphatic imine (C=N–C) groups is 1. The van der Waals surface area contributed by atoms with Gasteiger partial charge in [-0.05, 0) is 81.4 Å². The highest BCUT2D eigenvalue weighted by Gasteiger charge is 2.25. The van der Waals surface area contributed by atoms with Crippen molar-refractivity contribution in [1.82, 2.24) is 0 Å². The minimum atomic E-state index is -0.605. The highest BCUT2D eigenvalue weighted by atomic mass is 127. The molecular formula is C28H17ClINO5. The van der Waals surface area contributed by atoms with Crippen molar-refractivity contribution in [3.63, 3.8) is 0 Å². The average molecular weight is 610 g/mol. The van der Waals surface area contributed by atoms with Crippen LogP contribution in [0.2, 0.25) is 5.02 Å². The number of rotatable bonds is 5. The van der Waals surface area contributed by atoms with E-state index in [4.69, 9.17) is 25.8 Å². The average Bonchev–Trinajstić information content (AvgIpc) is 3.25. The smallest absolute Gasteiger partial charge is 0.363 e. The third-order valence-electron chi connectivity index (χ3n) is 5.46. The summed E-state index contributed by atoms with van der Waals surface area (Å²) < 4.78 is 17.1. The van der Waals surface area contributed by atoms with Gasteiger partial charge in [-0.1, -0.05) is 54.1 Å². The van der Waals surface area contributed by atoms with E-state index in [0.717, 1.165) is 10.8 Å². The molecule has 0 saturated heterocycles. The second-order valence-electron chi connectivity index (χ2n) is 7.80. The number of carbonyl (C=O) groups excluding carboxylic acids is 2. The second-order valence-corrected chi connectivity index (χ2v) is 9.37. The molecule has 178 valence electrons. The third-order valence-corrected chi connectivity index (χ3v) is 6.59. The molecule has 1 aliphatic rings. The van der Waals surface area contributed by atoms with E-state index in [0.29, 0.717) is 20.4 Å². The summed E-state index contributed by atoms with van der Waals surface area (Å²) in [6, 6.07) is 23.7. The Morgan fingerprint density at radius 1 is 1.00 bits per heavy atom. The SMILES string of the molecule is COc1cc(/C=C2\N=C(c3ccc4ccccc4c3)OC2=O)cc(I)c1OC(=O)c1ccccc1Cl. The van der Waals surface area contributed by atoms with E-state index in [-0.39, 0.29) is 27.9 Å². The predicted octanol–water partition coefficient (Wildman–Crippen LogP) is 6.67. The Kier molecular flexibility index (Phi) is 6.75. The molecule has 4 aromatic rings. The van der Waals surface area contributed by atoms with Gasteiger partial charge in [-0.25, -0.2) is 14.6 Å². The van der Waals surface area contributed by atoms with Gasteiger partial charge in [-0.2, -0.15) is 0 Å². The van der Waals surface area contributed by atoms with Crippen LogP contribution < -0.4 is 9.47 Å². The summed E-state index contributed by atoms with van der Waals surface area (Å²) in [6.45, 7) is 0. The number of esters is 2. The van der Waals surface area contributed by atoms with Crippen molar-refractivity contribution in [2.75, 3.05) is 7.11 Å². The van der Waals surface area contributed by atoms with E-state index in [1.165, 1.54) is 7.11 Å². The molecule has 8 heteroatoms. The Labute approximate surface area is 225 Å². The van der Waals surface area contributed by atoms with E-state index in [2.05, 4.69) is 4.99 Å². The molecule has 0 unspecified atom stereocenters. The molecule has 4 aromatic carbocycles. The van der Waals surface area contributed by atoms with E-state index in [1.807, 2.05) is 65.1 Å². The van der Waals surface area contributed by atoms with Gasteiger partial charge in [0.1, 0.15) is 0 Å². The van der Waals surface area contributed by atoms with Crippen LogP contribution in [0.25, 0.3) is 16.8 Å². The van der Waals surface area contributed by atoms with Crippen LogP contribution in [0.15, 0.2) is 89.6 Å². The van der Waals surface area contributed by atoms with E-state index in [1.54, 1.807) is 42.5 Å². The van der Waals surface area contributed by atoms with Crippen LogP contribution in [-0.2, 0) is 9.53 Å². The minimum absolute atomic E-state index is 0.150. The van der Waals surface area contributed by atoms with Crippen molar-refractivity contribution in [3.8, 4) is 11.5 Å². The number of halogens is 2.